The van der Waals surface area contributed by atoms with Crippen molar-refractivity contribution in [2.45, 2.75) is 43.7 Å². The smallest absolute Gasteiger partial charge is 0.264 e. The summed E-state index contributed by atoms with van der Waals surface area (Å²) in [6.07, 6.45) is 0.472. The lowest BCUT2D eigenvalue weighted by atomic mass is 9.89. The van der Waals surface area contributed by atoms with E-state index in [4.69, 9.17) is 25.8 Å². The minimum Gasteiger partial charge on any atom is -0.493 e. The Morgan fingerprint density at radius 1 is 1.10 bits per heavy atom. The van der Waals surface area contributed by atoms with Gasteiger partial charge in [0.25, 0.3) is 10.0 Å². The van der Waals surface area contributed by atoms with E-state index in [0.29, 0.717) is 17.9 Å². The summed E-state index contributed by atoms with van der Waals surface area (Å²) in [7, 11) is -1.52. The molecule has 1 unspecified atom stereocenters. The van der Waals surface area contributed by atoms with Crippen LogP contribution in [0.3, 0.4) is 0 Å². The van der Waals surface area contributed by atoms with Crippen LogP contribution in [0.15, 0.2) is 59.5 Å². The third kappa shape index (κ3) is 6.07. The van der Waals surface area contributed by atoms with Crippen LogP contribution in [0.25, 0.3) is 0 Å². The van der Waals surface area contributed by atoms with Crippen molar-refractivity contribution < 1.29 is 31.8 Å². The van der Waals surface area contributed by atoms with Crippen LogP contribution in [0.5, 0.6) is 17.2 Å². The Morgan fingerprint density at radius 2 is 1.82 bits per heavy atom. The number of hydrogen-bond acceptors (Lipinski definition) is 6. The van der Waals surface area contributed by atoms with Crippen molar-refractivity contribution in [2.75, 3.05) is 25.1 Å². The van der Waals surface area contributed by atoms with Gasteiger partial charge in [-0.15, -0.1) is 0 Å². The van der Waals surface area contributed by atoms with Crippen LogP contribution in [0.2, 0.25) is 5.02 Å². The molecule has 1 aliphatic rings. The first kappa shape index (κ1) is 28.5. The van der Waals surface area contributed by atoms with Crippen LogP contribution >= 0.6 is 11.6 Å². The van der Waals surface area contributed by atoms with Gasteiger partial charge in [-0.3, -0.25) is 9.10 Å². The molecule has 0 bridgehead atoms. The van der Waals surface area contributed by atoms with E-state index in [9.17, 15) is 17.6 Å². The molecule has 4 rings (SSSR count). The quantitative estimate of drug-likeness (QED) is 0.385. The highest BCUT2D eigenvalue weighted by Gasteiger charge is 2.36. The average Bonchev–Trinajstić information content (AvgIpc) is 2.88. The minimum absolute atomic E-state index is 0.0230. The number of carbonyl (C=O) groups is 1. The maximum absolute atomic E-state index is 14.0. The van der Waals surface area contributed by atoms with Crippen molar-refractivity contribution in [3.63, 3.8) is 0 Å². The van der Waals surface area contributed by atoms with Crippen LogP contribution in [-0.4, -0.2) is 40.7 Å². The van der Waals surface area contributed by atoms with Crippen LogP contribution in [0, 0.1) is 12.7 Å². The largest absolute Gasteiger partial charge is 0.493 e. The lowest BCUT2D eigenvalue weighted by Gasteiger charge is -2.38. The van der Waals surface area contributed by atoms with E-state index in [1.807, 2.05) is 39.0 Å². The number of methoxy groups -OCH3 is 2. The molecule has 0 aliphatic carbocycles. The normalized spacial score (nSPS) is 16.0. The fourth-order valence-corrected chi connectivity index (χ4v) is 6.14. The molecule has 0 radical (unpaired) electrons. The van der Waals surface area contributed by atoms with Gasteiger partial charge in [0, 0.05) is 18.1 Å². The molecule has 0 aromatic heterocycles. The summed E-state index contributed by atoms with van der Waals surface area (Å²) in [5.41, 5.74) is 1.27. The van der Waals surface area contributed by atoms with Gasteiger partial charge in [0.1, 0.15) is 23.7 Å². The SMILES string of the molecule is COc1ccc(S(=O)(=O)N(CC(=O)NC2CC(C)(C)Oc3ccc(C)cc32)c2ccc(F)c(Cl)c2)cc1OC. The van der Waals surface area contributed by atoms with Gasteiger partial charge in [0.15, 0.2) is 11.5 Å². The maximum atomic E-state index is 14.0. The van der Waals surface area contributed by atoms with Crippen molar-refractivity contribution in [3.05, 3.63) is 76.6 Å². The van der Waals surface area contributed by atoms with Gasteiger partial charge < -0.3 is 19.5 Å². The molecule has 1 N–H and O–H groups in total. The monoisotopic (exact) mass is 576 g/mol. The molecular formula is C28H30ClFN2O6S. The molecule has 0 spiro atoms. The predicted molar refractivity (Wildman–Crippen MR) is 147 cm³/mol. The second-order valence-electron chi connectivity index (χ2n) is 9.85. The molecular weight excluding hydrogens is 547 g/mol. The van der Waals surface area contributed by atoms with Crippen molar-refractivity contribution >= 4 is 33.2 Å². The Kier molecular flexibility index (Phi) is 7.99. The highest BCUT2D eigenvalue weighted by molar-refractivity contribution is 7.92. The Labute approximate surface area is 232 Å². The molecule has 1 aliphatic heterocycles. The topological polar surface area (TPSA) is 94.2 Å². The van der Waals surface area contributed by atoms with E-state index in [1.54, 1.807) is 0 Å². The number of fused-ring (bicyclic) bond motifs is 1. The first-order valence-electron chi connectivity index (χ1n) is 12.1. The molecule has 11 heteroatoms. The van der Waals surface area contributed by atoms with Gasteiger partial charge >= 0.3 is 0 Å². The number of carbonyl (C=O) groups excluding carboxylic acids is 1. The minimum atomic E-state index is -4.34. The number of hydrogen-bond donors (Lipinski definition) is 1. The van der Waals surface area contributed by atoms with E-state index in [1.165, 1.54) is 44.6 Å². The molecule has 1 atom stereocenters. The van der Waals surface area contributed by atoms with E-state index >= 15 is 0 Å². The van der Waals surface area contributed by atoms with Crippen LogP contribution in [0.4, 0.5) is 10.1 Å². The lowest BCUT2D eigenvalue weighted by molar-refractivity contribution is -0.120. The molecule has 1 heterocycles. The van der Waals surface area contributed by atoms with Crippen molar-refractivity contribution in [1.29, 1.82) is 0 Å². The van der Waals surface area contributed by atoms with Gasteiger partial charge in [-0.05, 0) is 57.2 Å². The number of nitrogens with zero attached hydrogens (tertiary/aromatic N) is 1. The van der Waals surface area contributed by atoms with E-state index in [2.05, 4.69) is 5.32 Å². The zero-order valence-electron chi connectivity index (χ0n) is 22.2. The molecule has 8 nitrogen and oxygen atoms in total. The summed E-state index contributed by atoms with van der Waals surface area (Å²) in [6.45, 7) is 5.19. The van der Waals surface area contributed by atoms with Crippen molar-refractivity contribution in [3.8, 4) is 17.2 Å². The number of halogens is 2. The Hall–Kier alpha value is -3.50. The third-order valence-electron chi connectivity index (χ3n) is 6.38. The molecule has 3 aromatic rings. The second kappa shape index (κ2) is 10.9. The molecule has 0 saturated carbocycles. The first-order chi connectivity index (χ1) is 18.3. The Bertz CT molecular complexity index is 1510. The highest BCUT2D eigenvalue weighted by atomic mass is 35.5. The highest BCUT2D eigenvalue weighted by Crippen LogP contribution is 2.40. The van der Waals surface area contributed by atoms with E-state index in [0.717, 1.165) is 21.5 Å². The molecule has 1 amide bonds. The van der Waals surface area contributed by atoms with Crippen molar-refractivity contribution in [2.24, 2.45) is 0 Å². The van der Waals surface area contributed by atoms with Gasteiger partial charge in [0.05, 0.1) is 35.9 Å². The third-order valence-corrected chi connectivity index (χ3v) is 8.44. The van der Waals surface area contributed by atoms with Crippen LogP contribution in [-0.2, 0) is 14.8 Å². The predicted octanol–water partition coefficient (Wildman–Crippen LogP) is 5.42. The maximum Gasteiger partial charge on any atom is 0.264 e. The van der Waals surface area contributed by atoms with Crippen molar-refractivity contribution in [1.82, 2.24) is 5.32 Å². The van der Waals surface area contributed by atoms with Crippen LogP contribution < -0.4 is 23.8 Å². The summed E-state index contributed by atoms with van der Waals surface area (Å²) in [4.78, 5) is 13.3. The van der Waals surface area contributed by atoms with Gasteiger partial charge in [-0.25, -0.2) is 12.8 Å². The van der Waals surface area contributed by atoms with E-state index in [-0.39, 0.29) is 21.4 Å². The summed E-state index contributed by atoms with van der Waals surface area (Å²) in [6, 6.07) is 12.9. The summed E-state index contributed by atoms with van der Waals surface area (Å²) in [5, 5.41) is 2.69. The Balaban J connectivity index is 1.71. The number of benzene rings is 3. The number of ether oxygens (including phenoxy) is 3. The number of rotatable bonds is 8. The standard InChI is InChI=1S/C28H30ClFN2O6S/c1-17-6-10-24-20(12-17)23(15-28(2,3)38-24)31-27(33)16-32(18-7-9-22(30)21(29)13-18)39(34,35)19-8-11-25(36-4)26(14-19)37-5/h6-14,23H,15-16H2,1-5H3,(H,31,33). The summed E-state index contributed by atoms with van der Waals surface area (Å²) in [5.74, 6) is -0.0973. The zero-order chi connectivity index (χ0) is 28.5. The summed E-state index contributed by atoms with van der Waals surface area (Å²) >= 11 is 5.99. The Morgan fingerprint density at radius 3 is 2.49 bits per heavy atom. The van der Waals surface area contributed by atoms with Gasteiger partial charge in [-0.1, -0.05) is 29.3 Å². The number of anilines is 1. The van der Waals surface area contributed by atoms with Gasteiger partial charge in [-0.2, -0.15) is 0 Å². The van der Waals surface area contributed by atoms with E-state index < -0.39 is 39.9 Å². The molecule has 208 valence electrons. The zero-order valence-corrected chi connectivity index (χ0v) is 23.8. The van der Waals surface area contributed by atoms with Gasteiger partial charge in [0.2, 0.25) is 5.91 Å². The number of amides is 1. The molecule has 0 saturated heterocycles. The summed E-state index contributed by atoms with van der Waals surface area (Å²) < 4.78 is 59.1. The molecule has 0 fully saturated rings. The second-order valence-corrected chi connectivity index (χ2v) is 12.1. The average molecular weight is 577 g/mol. The molecule has 39 heavy (non-hydrogen) atoms. The number of nitrogens with one attached hydrogen (secondary N) is 1. The number of sulfonamides is 1. The fraction of sp³-hybridized carbons (Fsp3) is 0.321. The number of aryl methyl sites for hydroxylation is 1. The lowest BCUT2D eigenvalue weighted by Crippen LogP contribution is -2.45. The first-order valence-corrected chi connectivity index (χ1v) is 13.9. The molecule has 3 aromatic carbocycles. The fourth-order valence-electron chi connectivity index (χ4n) is 4.53. The van der Waals surface area contributed by atoms with Crippen LogP contribution in [0.1, 0.15) is 37.4 Å².